The molecule has 0 saturated carbocycles. The lowest BCUT2D eigenvalue weighted by molar-refractivity contribution is -0.150. The Morgan fingerprint density at radius 1 is 1.07 bits per heavy atom. The number of carbonyl (C=O) groups excluding carboxylic acids is 2. The third kappa shape index (κ3) is 2.37. The van der Waals surface area contributed by atoms with Crippen LogP contribution in [0.25, 0.3) is 0 Å². The first-order valence-corrected chi connectivity index (χ1v) is 5.84. The summed E-state index contributed by atoms with van der Waals surface area (Å²) in [4.78, 5) is 24.9. The van der Waals surface area contributed by atoms with Crippen molar-refractivity contribution in [3.8, 4) is 0 Å². The lowest BCUT2D eigenvalue weighted by Gasteiger charge is -2.32. The molecule has 0 aliphatic carbocycles. The molecule has 2 amide bonds. The standard InChI is InChI=1S/C11H18N2O2/c14-10-5-3-6-11(15)13(10)9-4-1-2-7-12-8-9/h9,12H,1-8H2. The summed E-state index contributed by atoms with van der Waals surface area (Å²) in [6, 6.07) is 0.104. The predicted molar refractivity (Wildman–Crippen MR) is 56.2 cm³/mol. The van der Waals surface area contributed by atoms with Crippen LogP contribution < -0.4 is 5.32 Å². The molecule has 4 nitrogen and oxygen atoms in total. The van der Waals surface area contributed by atoms with E-state index in [2.05, 4.69) is 5.32 Å². The molecule has 0 aromatic carbocycles. The van der Waals surface area contributed by atoms with Gasteiger partial charge >= 0.3 is 0 Å². The Balaban J connectivity index is 2.05. The fourth-order valence-corrected chi connectivity index (χ4v) is 2.40. The number of piperidine rings is 1. The Kier molecular flexibility index (Phi) is 3.36. The van der Waals surface area contributed by atoms with Gasteiger partial charge in [-0.05, 0) is 25.8 Å². The first-order valence-electron chi connectivity index (χ1n) is 5.84. The number of rotatable bonds is 1. The monoisotopic (exact) mass is 210 g/mol. The molecule has 0 radical (unpaired) electrons. The van der Waals surface area contributed by atoms with Gasteiger partial charge in [-0.1, -0.05) is 6.42 Å². The molecular formula is C11H18N2O2. The maximum Gasteiger partial charge on any atom is 0.229 e. The molecule has 1 N–H and O–H groups in total. The molecule has 0 spiro atoms. The molecule has 0 aromatic rings. The minimum Gasteiger partial charge on any atom is -0.315 e. The predicted octanol–water partition coefficient (Wildman–Crippen LogP) is 0.668. The maximum atomic E-state index is 11.7. The minimum atomic E-state index is 0.0277. The normalized spacial score (nSPS) is 29.1. The fourth-order valence-electron chi connectivity index (χ4n) is 2.40. The highest BCUT2D eigenvalue weighted by Gasteiger charge is 2.32. The van der Waals surface area contributed by atoms with E-state index in [9.17, 15) is 9.59 Å². The van der Waals surface area contributed by atoms with E-state index >= 15 is 0 Å². The zero-order valence-corrected chi connectivity index (χ0v) is 9.00. The summed E-state index contributed by atoms with van der Waals surface area (Å²) in [5.74, 6) is 0.0555. The second-order valence-corrected chi connectivity index (χ2v) is 4.36. The van der Waals surface area contributed by atoms with Crippen molar-refractivity contribution < 1.29 is 9.59 Å². The Bertz CT molecular complexity index is 241. The van der Waals surface area contributed by atoms with E-state index in [4.69, 9.17) is 0 Å². The third-order valence-corrected chi connectivity index (χ3v) is 3.20. The number of imide groups is 1. The summed E-state index contributed by atoms with van der Waals surface area (Å²) in [5, 5.41) is 3.29. The molecule has 2 saturated heterocycles. The molecule has 4 heteroatoms. The van der Waals surface area contributed by atoms with Gasteiger partial charge in [-0.25, -0.2) is 0 Å². The summed E-state index contributed by atoms with van der Waals surface area (Å²) in [6.07, 6.45) is 5.03. The average Bonchev–Trinajstić information content (AvgIpc) is 2.46. The van der Waals surface area contributed by atoms with Crippen LogP contribution in [0.5, 0.6) is 0 Å². The van der Waals surface area contributed by atoms with E-state index in [0.29, 0.717) is 12.8 Å². The van der Waals surface area contributed by atoms with Crippen LogP contribution >= 0.6 is 0 Å². The average molecular weight is 210 g/mol. The van der Waals surface area contributed by atoms with Gasteiger partial charge in [0.15, 0.2) is 0 Å². The summed E-state index contributed by atoms with van der Waals surface area (Å²) >= 11 is 0. The van der Waals surface area contributed by atoms with Gasteiger partial charge in [0.2, 0.25) is 11.8 Å². The van der Waals surface area contributed by atoms with E-state index < -0.39 is 0 Å². The number of carbonyl (C=O) groups is 2. The first kappa shape index (κ1) is 10.6. The zero-order valence-electron chi connectivity index (χ0n) is 9.00. The van der Waals surface area contributed by atoms with Crippen LogP contribution in [0.3, 0.4) is 0 Å². The SMILES string of the molecule is O=C1CCCC(=O)N1C1CCCCNC1. The largest absolute Gasteiger partial charge is 0.315 e. The summed E-state index contributed by atoms with van der Waals surface area (Å²) in [5.41, 5.74) is 0. The number of hydrogen-bond acceptors (Lipinski definition) is 3. The highest BCUT2D eigenvalue weighted by molar-refractivity contribution is 5.97. The molecular weight excluding hydrogens is 192 g/mol. The van der Waals surface area contributed by atoms with Crippen molar-refractivity contribution in [2.45, 2.75) is 44.6 Å². The highest BCUT2D eigenvalue weighted by Crippen LogP contribution is 2.19. The molecule has 15 heavy (non-hydrogen) atoms. The summed E-state index contributed by atoms with van der Waals surface area (Å²) < 4.78 is 0. The van der Waals surface area contributed by atoms with E-state index in [1.165, 1.54) is 4.90 Å². The van der Waals surface area contributed by atoms with Crippen molar-refractivity contribution in [3.05, 3.63) is 0 Å². The smallest absolute Gasteiger partial charge is 0.229 e. The quantitative estimate of drug-likeness (QED) is 0.647. The number of nitrogens with one attached hydrogen (secondary N) is 1. The maximum absolute atomic E-state index is 11.7. The van der Waals surface area contributed by atoms with E-state index in [1.54, 1.807) is 0 Å². The van der Waals surface area contributed by atoms with Crippen molar-refractivity contribution in [1.82, 2.24) is 10.2 Å². The van der Waals surface area contributed by atoms with Gasteiger partial charge < -0.3 is 5.32 Å². The molecule has 2 aliphatic rings. The molecule has 2 heterocycles. The van der Waals surface area contributed by atoms with Crippen molar-refractivity contribution in [1.29, 1.82) is 0 Å². The van der Waals surface area contributed by atoms with Gasteiger partial charge in [-0.2, -0.15) is 0 Å². The number of nitrogens with zero attached hydrogens (tertiary/aromatic N) is 1. The summed E-state index contributed by atoms with van der Waals surface area (Å²) in [7, 11) is 0. The highest BCUT2D eigenvalue weighted by atomic mass is 16.2. The molecule has 1 unspecified atom stereocenters. The van der Waals surface area contributed by atoms with Crippen LogP contribution in [0.4, 0.5) is 0 Å². The number of amides is 2. The van der Waals surface area contributed by atoms with Crippen LogP contribution in [-0.2, 0) is 9.59 Å². The molecule has 2 fully saturated rings. The Hall–Kier alpha value is -0.900. The van der Waals surface area contributed by atoms with Crippen molar-refractivity contribution in [2.75, 3.05) is 13.1 Å². The van der Waals surface area contributed by atoms with Crippen LogP contribution in [0.15, 0.2) is 0 Å². The van der Waals surface area contributed by atoms with Crippen LogP contribution in [0.2, 0.25) is 0 Å². The Labute approximate surface area is 90.0 Å². The number of hydrogen-bond donors (Lipinski definition) is 1. The minimum absolute atomic E-state index is 0.0277. The van der Waals surface area contributed by atoms with Crippen molar-refractivity contribution >= 4 is 11.8 Å². The Morgan fingerprint density at radius 3 is 2.53 bits per heavy atom. The Morgan fingerprint density at radius 2 is 1.80 bits per heavy atom. The molecule has 0 aromatic heterocycles. The fraction of sp³-hybridized carbons (Fsp3) is 0.818. The lowest BCUT2D eigenvalue weighted by atomic mass is 10.0. The molecule has 2 aliphatic heterocycles. The van der Waals surface area contributed by atoms with Crippen molar-refractivity contribution in [3.63, 3.8) is 0 Å². The molecule has 1 atom stereocenters. The second-order valence-electron chi connectivity index (χ2n) is 4.36. The lowest BCUT2D eigenvalue weighted by Crippen LogP contribution is -2.50. The topological polar surface area (TPSA) is 49.4 Å². The summed E-state index contributed by atoms with van der Waals surface area (Å²) in [6.45, 7) is 1.78. The van der Waals surface area contributed by atoms with Gasteiger partial charge in [-0.15, -0.1) is 0 Å². The van der Waals surface area contributed by atoms with E-state index in [1.807, 2.05) is 0 Å². The van der Waals surface area contributed by atoms with Gasteiger partial charge in [0.1, 0.15) is 0 Å². The van der Waals surface area contributed by atoms with E-state index in [-0.39, 0.29) is 17.9 Å². The van der Waals surface area contributed by atoms with Crippen molar-refractivity contribution in [2.24, 2.45) is 0 Å². The molecule has 2 rings (SSSR count). The van der Waals surface area contributed by atoms with Gasteiger partial charge in [-0.3, -0.25) is 14.5 Å². The second kappa shape index (κ2) is 4.75. The van der Waals surface area contributed by atoms with Crippen LogP contribution in [0, 0.1) is 0 Å². The van der Waals surface area contributed by atoms with Crippen LogP contribution in [-0.4, -0.2) is 35.8 Å². The van der Waals surface area contributed by atoms with E-state index in [0.717, 1.165) is 38.8 Å². The first-order chi connectivity index (χ1) is 7.29. The van der Waals surface area contributed by atoms with Crippen LogP contribution in [0.1, 0.15) is 38.5 Å². The van der Waals surface area contributed by atoms with Gasteiger partial charge in [0.25, 0.3) is 0 Å². The number of likely N-dealkylation sites (tertiary alicyclic amines) is 1. The zero-order chi connectivity index (χ0) is 10.7. The van der Waals surface area contributed by atoms with Gasteiger partial charge in [0.05, 0.1) is 6.04 Å². The molecule has 0 bridgehead atoms. The third-order valence-electron chi connectivity index (χ3n) is 3.20. The molecule has 84 valence electrons. The van der Waals surface area contributed by atoms with Gasteiger partial charge in [0, 0.05) is 19.4 Å².